The average molecular weight is 304 g/mol. The van der Waals surface area contributed by atoms with E-state index < -0.39 is 6.09 Å². The van der Waals surface area contributed by atoms with Gasteiger partial charge in [0, 0.05) is 5.54 Å². The van der Waals surface area contributed by atoms with E-state index in [1.165, 1.54) is 0 Å². The number of imide groups is 1. The van der Waals surface area contributed by atoms with Crippen LogP contribution < -0.4 is 5.32 Å². The summed E-state index contributed by atoms with van der Waals surface area (Å²) in [7, 11) is 0. The van der Waals surface area contributed by atoms with Crippen LogP contribution in [-0.4, -0.2) is 35.0 Å². The summed E-state index contributed by atoms with van der Waals surface area (Å²) in [6.45, 7) is 7.26. The van der Waals surface area contributed by atoms with Crippen LogP contribution in [0.15, 0.2) is 30.3 Å². The molecule has 22 heavy (non-hydrogen) atoms. The predicted molar refractivity (Wildman–Crippen MR) is 84.3 cm³/mol. The van der Waals surface area contributed by atoms with E-state index in [0.29, 0.717) is 0 Å². The van der Waals surface area contributed by atoms with E-state index in [2.05, 4.69) is 31.0 Å². The summed E-state index contributed by atoms with van der Waals surface area (Å²) in [5.41, 5.74) is 0.800. The minimum Gasteiger partial charge on any atom is -0.444 e. The second-order valence-corrected chi connectivity index (χ2v) is 6.57. The third-order valence-corrected chi connectivity index (χ3v) is 3.86. The average Bonchev–Trinajstić information content (AvgIpc) is 2.96. The molecule has 1 saturated heterocycles. The van der Waals surface area contributed by atoms with E-state index in [0.717, 1.165) is 24.9 Å². The SMILES string of the molecule is CC(C)(C)N1CCC[C@H]1C(=O)NC(=O)OCc1ccccc1. The Morgan fingerprint density at radius 3 is 2.59 bits per heavy atom. The smallest absolute Gasteiger partial charge is 0.414 e. The molecule has 5 heteroatoms. The number of nitrogens with one attached hydrogen (secondary N) is 1. The van der Waals surface area contributed by atoms with Crippen LogP contribution in [0.3, 0.4) is 0 Å². The monoisotopic (exact) mass is 304 g/mol. The molecule has 1 N–H and O–H groups in total. The maximum Gasteiger partial charge on any atom is 0.414 e. The van der Waals surface area contributed by atoms with Crippen molar-refractivity contribution in [2.24, 2.45) is 0 Å². The Kier molecular flexibility index (Phi) is 5.19. The quantitative estimate of drug-likeness (QED) is 0.933. The molecule has 0 aromatic heterocycles. The molecule has 2 rings (SSSR count). The fourth-order valence-electron chi connectivity index (χ4n) is 2.79. The van der Waals surface area contributed by atoms with Crippen LogP contribution in [0.1, 0.15) is 39.2 Å². The summed E-state index contributed by atoms with van der Waals surface area (Å²) in [5.74, 6) is -0.273. The van der Waals surface area contributed by atoms with Crippen molar-refractivity contribution in [2.75, 3.05) is 6.54 Å². The molecule has 1 aromatic rings. The van der Waals surface area contributed by atoms with E-state index in [1.54, 1.807) is 0 Å². The van der Waals surface area contributed by atoms with Crippen molar-refractivity contribution >= 4 is 12.0 Å². The topological polar surface area (TPSA) is 58.6 Å². The number of nitrogens with zero attached hydrogens (tertiary/aromatic N) is 1. The van der Waals surface area contributed by atoms with Gasteiger partial charge in [-0.2, -0.15) is 0 Å². The number of amides is 2. The van der Waals surface area contributed by atoms with Crippen LogP contribution in [0.5, 0.6) is 0 Å². The lowest BCUT2D eigenvalue weighted by atomic mass is 10.0. The van der Waals surface area contributed by atoms with Crippen LogP contribution in [0.2, 0.25) is 0 Å². The van der Waals surface area contributed by atoms with Crippen molar-refractivity contribution in [3.05, 3.63) is 35.9 Å². The molecule has 1 fully saturated rings. The molecule has 2 amide bonds. The number of likely N-dealkylation sites (tertiary alicyclic amines) is 1. The summed E-state index contributed by atoms with van der Waals surface area (Å²) < 4.78 is 5.09. The van der Waals surface area contributed by atoms with Crippen molar-refractivity contribution in [3.63, 3.8) is 0 Å². The van der Waals surface area contributed by atoms with Gasteiger partial charge in [-0.3, -0.25) is 15.0 Å². The summed E-state index contributed by atoms with van der Waals surface area (Å²) in [6.07, 6.45) is 1.05. The molecule has 1 aromatic carbocycles. The van der Waals surface area contributed by atoms with E-state index in [9.17, 15) is 9.59 Å². The van der Waals surface area contributed by atoms with Crippen molar-refractivity contribution in [1.82, 2.24) is 10.2 Å². The predicted octanol–water partition coefficient (Wildman–Crippen LogP) is 2.70. The van der Waals surface area contributed by atoms with Crippen molar-refractivity contribution < 1.29 is 14.3 Å². The minimum absolute atomic E-state index is 0.0908. The van der Waals surface area contributed by atoms with Crippen LogP contribution in [-0.2, 0) is 16.1 Å². The molecule has 5 nitrogen and oxygen atoms in total. The van der Waals surface area contributed by atoms with Gasteiger partial charge in [-0.1, -0.05) is 30.3 Å². The van der Waals surface area contributed by atoms with Gasteiger partial charge >= 0.3 is 6.09 Å². The minimum atomic E-state index is -0.686. The highest BCUT2D eigenvalue weighted by Gasteiger charge is 2.37. The highest BCUT2D eigenvalue weighted by molar-refractivity contribution is 5.95. The normalized spacial score (nSPS) is 19.0. The van der Waals surface area contributed by atoms with Gasteiger partial charge in [-0.25, -0.2) is 4.79 Å². The van der Waals surface area contributed by atoms with E-state index >= 15 is 0 Å². The fourth-order valence-corrected chi connectivity index (χ4v) is 2.79. The number of ether oxygens (including phenoxy) is 1. The first-order valence-corrected chi connectivity index (χ1v) is 7.66. The second-order valence-electron chi connectivity index (χ2n) is 6.57. The Morgan fingerprint density at radius 2 is 1.95 bits per heavy atom. The lowest BCUT2D eigenvalue weighted by Gasteiger charge is -2.35. The zero-order chi connectivity index (χ0) is 16.2. The van der Waals surface area contributed by atoms with Crippen LogP contribution in [0.25, 0.3) is 0 Å². The number of alkyl carbamates (subject to hydrolysis) is 1. The molecule has 0 spiro atoms. The summed E-state index contributed by atoms with van der Waals surface area (Å²) in [5, 5.41) is 2.35. The number of hydrogen-bond donors (Lipinski definition) is 1. The lowest BCUT2D eigenvalue weighted by Crippen LogP contribution is -2.52. The molecule has 1 atom stereocenters. The van der Waals surface area contributed by atoms with Gasteiger partial charge in [0.15, 0.2) is 0 Å². The number of carbonyl (C=O) groups is 2. The Bertz CT molecular complexity index is 522. The molecule has 1 heterocycles. The molecular formula is C17H24N2O3. The summed E-state index contributed by atoms with van der Waals surface area (Å²) in [6, 6.07) is 9.13. The van der Waals surface area contributed by atoms with E-state index in [-0.39, 0.29) is 24.1 Å². The van der Waals surface area contributed by atoms with Gasteiger partial charge in [0.2, 0.25) is 5.91 Å². The molecule has 0 aliphatic carbocycles. The Labute approximate surface area is 131 Å². The Morgan fingerprint density at radius 1 is 1.27 bits per heavy atom. The number of rotatable bonds is 3. The molecule has 0 bridgehead atoms. The van der Waals surface area contributed by atoms with E-state index in [1.807, 2.05) is 30.3 Å². The number of benzene rings is 1. The molecule has 1 aliphatic heterocycles. The van der Waals surface area contributed by atoms with Gasteiger partial charge in [0.25, 0.3) is 0 Å². The molecular weight excluding hydrogens is 280 g/mol. The van der Waals surface area contributed by atoms with Crippen LogP contribution >= 0.6 is 0 Å². The summed E-state index contributed by atoms with van der Waals surface area (Å²) in [4.78, 5) is 26.2. The van der Waals surface area contributed by atoms with E-state index in [4.69, 9.17) is 4.74 Å². The first kappa shape index (κ1) is 16.5. The van der Waals surface area contributed by atoms with Gasteiger partial charge in [0.05, 0.1) is 6.04 Å². The molecule has 1 aliphatic rings. The van der Waals surface area contributed by atoms with Crippen molar-refractivity contribution in [3.8, 4) is 0 Å². The highest BCUT2D eigenvalue weighted by atomic mass is 16.5. The largest absolute Gasteiger partial charge is 0.444 e. The van der Waals surface area contributed by atoms with Crippen molar-refractivity contribution in [2.45, 2.75) is 51.8 Å². The van der Waals surface area contributed by atoms with Gasteiger partial charge in [0.1, 0.15) is 6.61 Å². The highest BCUT2D eigenvalue weighted by Crippen LogP contribution is 2.26. The van der Waals surface area contributed by atoms with Gasteiger partial charge in [-0.15, -0.1) is 0 Å². The summed E-state index contributed by atoms with van der Waals surface area (Å²) >= 11 is 0. The van der Waals surface area contributed by atoms with Gasteiger partial charge in [-0.05, 0) is 45.7 Å². The number of hydrogen-bond acceptors (Lipinski definition) is 4. The Hall–Kier alpha value is -1.88. The van der Waals surface area contributed by atoms with Crippen LogP contribution in [0.4, 0.5) is 4.79 Å². The maximum atomic E-state index is 12.3. The first-order valence-electron chi connectivity index (χ1n) is 7.66. The lowest BCUT2D eigenvalue weighted by molar-refractivity contribution is -0.126. The van der Waals surface area contributed by atoms with Crippen LogP contribution in [0, 0.1) is 0 Å². The standard InChI is InChI=1S/C17H24N2O3/c1-17(2,3)19-11-7-10-14(19)15(20)18-16(21)22-12-13-8-5-4-6-9-13/h4-6,8-9,14H,7,10-12H2,1-3H3,(H,18,20,21)/t14-/m0/s1. The number of carbonyl (C=O) groups excluding carboxylic acids is 2. The fraction of sp³-hybridized carbons (Fsp3) is 0.529. The van der Waals surface area contributed by atoms with Gasteiger partial charge < -0.3 is 4.74 Å². The maximum absolute atomic E-state index is 12.3. The third-order valence-electron chi connectivity index (χ3n) is 3.86. The van der Waals surface area contributed by atoms with Crippen molar-refractivity contribution in [1.29, 1.82) is 0 Å². The molecule has 0 saturated carbocycles. The second kappa shape index (κ2) is 6.92. The molecule has 0 radical (unpaired) electrons. The first-order chi connectivity index (χ1) is 10.4. The Balaban J connectivity index is 1.85. The molecule has 120 valence electrons. The molecule has 0 unspecified atom stereocenters. The third kappa shape index (κ3) is 4.31. The zero-order valence-corrected chi connectivity index (χ0v) is 13.5. The zero-order valence-electron chi connectivity index (χ0n) is 13.5.